The molecule has 172 valence electrons. The molecule has 3 aromatic rings. The maximum atomic E-state index is 4.86. The van der Waals surface area contributed by atoms with Gasteiger partial charge in [-0.05, 0) is 61.9 Å². The molecular weight excluding hydrogens is 404 g/mol. The quantitative estimate of drug-likeness (QED) is 0.373. The molecule has 4 rings (SSSR count). The second-order valence-electron chi connectivity index (χ2n) is 9.45. The normalized spacial score (nSPS) is 18.0. The van der Waals surface area contributed by atoms with E-state index in [0.29, 0.717) is 0 Å². The Kier molecular flexibility index (Phi) is 8.33. The number of rotatable bonds is 8. The third kappa shape index (κ3) is 6.79. The van der Waals surface area contributed by atoms with Crippen molar-refractivity contribution < 1.29 is 0 Å². The molecule has 0 bridgehead atoms. The van der Waals surface area contributed by atoms with Crippen LogP contribution in [0.4, 0.5) is 5.82 Å². The van der Waals surface area contributed by atoms with Crippen molar-refractivity contribution in [1.29, 1.82) is 0 Å². The molecule has 4 heteroatoms. The molecule has 1 heterocycles. The molecule has 33 heavy (non-hydrogen) atoms. The van der Waals surface area contributed by atoms with Gasteiger partial charge in [-0.15, -0.1) is 0 Å². The van der Waals surface area contributed by atoms with Gasteiger partial charge in [-0.25, -0.2) is 9.97 Å². The SMILES string of the molecule is CN(C)c1nc(CCCC2CCC(CNCC#Cc3ccccc3)CC2)nc2ccccc12. The molecule has 1 N–H and O–H groups in total. The average Bonchev–Trinajstić information content (AvgIpc) is 2.85. The van der Waals surface area contributed by atoms with Gasteiger partial charge in [0.15, 0.2) is 0 Å². The fourth-order valence-electron chi connectivity index (χ4n) is 4.84. The number of benzene rings is 2. The van der Waals surface area contributed by atoms with Crippen molar-refractivity contribution in [2.24, 2.45) is 11.8 Å². The molecule has 0 aliphatic heterocycles. The molecule has 4 nitrogen and oxygen atoms in total. The van der Waals surface area contributed by atoms with Crippen molar-refractivity contribution >= 4 is 16.7 Å². The number of aromatic nitrogens is 2. The van der Waals surface area contributed by atoms with Crippen LogP contribution in [0.2, 0.25) is 0 Å². The molecule has 0 atom stereocenters. The van der Waals surface area contributed by atoms with Gasteiger partial charge in [0.05, 0.1) is 12.1 Å². The number of nitrogens with zero attached hydrogens (tertiary/aromatic N) is 3. The Morgan fingerprint density at radius 1 is 0.909 bits per heavy atom. The molecule has 1 aliphatic rings. The number of hydrogen-bond acceptors (Lipinski definition) is 4. The van der Waals surface area contributed by atoms with Crippen LogP contribution in [-0.2, 0) is 6.42 Å². The Balaban J connectivity index is 1.16. The molecule has 2 aromatic carbocycles. The minimum atomic E-state index is 0.773. The first kappa shape index (κ1) is 23.3. The van der Waals surface area contributed by atoms with Crippen LogP contribution in [0.25, 0.3) is 10.9 Å². The minimum Gasteiger partial charge on any atom is -0.362 e. The van der Waals surface area contributed by atoms with Crippen LogP contribution in [0.3, 0.4) is 0 Å². The Hall–Kier alpha value is -2.90. The lowest BCUT2D eigenvalue weighted by Gasteiger charge is -2.28. The van der Waals surface area contributed by atoms with Crippen molar-refractivity contribution in [3.05, 3.63) is 66.0 Å². The summed E-state index contributed by atoms with van der Waals surface area (Å²) < 4.78 is 0. The lowest BCUT2D eigenvalue weighted by atomic mass is 9.80. The molecular formula is C29H36N4. The van der Waals surface area contributed by atoms with Gasteiger partial charge >= 0.3 is 0 Å². The molecule has 0 saturated heterocycles. The van der Waals surface area contributed by atoms with E-state index in [2.05, 4.69) is 72.6 Å². The topological polar surface area (TPSA) is 41.1 Å². The van der Waals surface area contributed by atoms with Crippen molar-refractivity contribution in [2.45, 2.75) is 44.9 Å². The number of aryl methyl sites for hydroxylation is 1. The van der Waals surface area contributed by atoms with Crippen molar-refractivity contribution in [3.8, 4) is 11.8 Å². The van der Waals surface area contributed by atoms with Gasteiger partial charge in [-0.3, -0.25) is 0 Å². The summed E-state index contributed by atoms with van der Waals surface area (Å²) in [5, 5.41) is 4.67. The molecule has 0 radical (unpaired) electrons. The highest BCUT2D eigenvalue weighted by molar-refractivity contribution is 5.89. The van der Waals surface area contributed by atoms with Gasteiger partial charge < -0.3 is 10.2 Å². The van der Waals surface area contributed by atoms with E-state index < -0.39 is 0 Å². The van der Waals surface area contributed by atoms with Gasteiger partial charge in [0, 0.05) is 31.5 Å². The van der Waals surface area contributed by atoms with E-state index in [4.69, 9.17) is 9.97 Å². The first-order chi connectivity index (χ1) is 16.2. The van der Waals surface area contributed by atoms with Crippen molar-refractivity contribution in [1.82, 2.24) is 15.3 Å². The van der Waals surface area contributed by atoms with E-state index >= 15 is 0 Å². The fraction of sp³-hybridized carbons (Fsp3) is 0.448. The van der Waals surface area contributed by atoms with Gasteiger partial charge in [0.2, 0.25) is 0 Å². The number of nitrogens with one attached hydrogen (secondary N) is 1. The zero-order valence-electron chi connectivity index (χ0n) is 20.1. The van der Waals surface area contributed by atoms with Crippen LogP contribution in [-0.4, -0.2) is 37.2 Å². The van der Waals surface area contributed by atoms with Crippen LogP contribution in [0.1, 0.15) is 49.9 Å². The predicted octanol–water partition coefficient (Wildman–Crippen LogP) is 5.47. The maximum Gasteiger partial charge on any atom is 0.139 e. The zero-order valence-corrected chi connectivity index (χ0v) is 20.1. The summed E-state index contributed by atoms with van der Waals surface area (Å²) in [6.07, 6.45) is 8.80. The van der Waals surface area contributed by atoms with Crippen LogP contribution in [0.15, 0.2) is 54.6 Å². The number of fused-ring (bicyclic) bond motifs is 1. The summed E-state index contributed by atoms with van der Waals surface area (Å²) in [4.78, 5) is 11.8. The molecule has 1 aliphatic carbocycles. The summed E-state index contributed by atoms with van der Waals surface area (Å²) in [5.41, 5.74) is 2.14. The monoisotopic (exact) mass is 440 g/mol. The Morgan fingerprint density at radius 3 is 2.42 bits per heavy atom. The van der Waals surface area contributed by atoms with Crippen molar-refractivity contribution in [3.63, 3.8) is 0 Å². The highest BCUT2D eigenvalue weighted by Gasteiger charge is 2.20. The van der Waals surface area contributed by atoms with Crippen LogP contribution < -0.4 is 10.2 Å². The largest absolute Gasteiger partial charge is 0.362 e. The first-order valence-corrected chi connectivity index (χ1v) is 12.4. The van der Waals surface area contributed by atoms with Gasteiger partial charge in [-0.1, -0.05) is 61.4 Å². The van der Waals surface area contributed by atoms with Crippen LogP contribution >= 0.6 is 0 Å². The summed E-state index contributed by atoms with van der Waals surface area (Å²) in [5.74, 6) is 10.1. The minimum absolute atomic E-state index is 0.773. The molecule has 0 spiro atoms. The number of hydrogen-bond donors (Lipinski definition) is 1. The van der Waals surface area contributed by atoms with Gasteiger partial charge in [-0.2, -0.15) is 0 Å². The molecule has 1 saturated carbocycles. The standard InChI is InChI=1S/C29H36N4/c1-33(2)29-26-14-6-7-15-27(26)31-28(32-29)16-8-12-24-17-19-25(20-18-24)22-30-21-9-13-23-10-4-3-5-11-23/h3-7,10-11,14-15,24-25,30H,8,12,16-22H2,1-2H3. The predicted molar refractivity (Wildman–Crippen MR) is 138 cm³/mol. The molecule has 1 aromatic heterocycles. The van der Waals surface area contributed by atoms with E-state index in [0.717, 1.165) is 59.5 Å². The first-order valence-electron chi connectivity index (χ1n) is 12.4. The Labute approximate surface area is 198 Å². The third-order valence-corrected chi connectivity index (χ3v) is 6.69. The molecule has 1 fully saturated rings. The zero-order chi connectivity index (χ0) is 22.9. The summed E-state index contributed by atoms with van der Waals surface area (Å²) >= 11 is 0. The van der Waals surface area contributed by atoms with E-state index in [1.807, 2.05) is 18.2 Å². The average molecular weight is 441 g/mol. The maximum absolute atomic E-state index is 4.86. The van der Waals surface area contributed by atoms with E-state index in [1.165, 1.54) is 38.5 Å². The van der Waals surface area contributed by atoms with Gasteiger partial charge in [0.25, 0.3) is 0 Å². The number of para-hydroxylation sites is 1. The van der Waals surface area contributed by atoms with Gasteiger partial charge in [0.1, 0.15) is 11.6 Å². The lowest BCUT2D eigenvalue weighted by molar-refractivity contribution is 0.256. The van der Waals surface area contributed by atoms with Crippen LogP contribution in [0.5, 0.6) is 0 Å². The van der Waals surface area contributed by atoms with Crippen LogP contribution in [0, 0.1) is 23.7 Å². The molecule has 0 amide bonds. The summed E-state index contributed by atoms with van der Waals surface area (Å²) in [7, 11) is 4.11. The van der Waals surface area contributed by atoms with E-state index in [9.17, 15) is 0 Å². The third-order valence-electron chi connectivity index (χ3n) is 6.69. The Bertz CT molecular complexity index is 1070. The summed E-state index contributed by atoms with van der Waals surface area (Å²) in [6, 6.07) is 18.5. The van der Waals surface area contributed by atoms with E-state index in [1.54, 1.807) is 0 Å². The molecule has 0 unspecified atom stereocenters. The second-order valence-corrected chi connectivity index (χ2v) is 9.45. The Morgan fingerprint density at radius 2 is 1.64 bits per heavy atom. The lowest BCUT2D eigenvalue weighted by Crippen LogP contribution is -2.26. The van der Waals surface area contributed by atoms with Crippen molar-refractivity contribution in [2.75, 3.05) is 32.1 Å². The van der Waals surface area contributed by atoms with E-state index in [-0.39, 0.29) is 0 Å². The number of anilines is 1. The smallest absolute Gasteiger partial charge is 0.139 e. The highest BCUT2D eigenvalue weighted by atomic mass is 15.1. The summed E-state index contributed by atoms with van der Waals surface area (Å²) in [6.45, 7) is 1.87. The highest BCUT2D eigenvalue weighted by Crippen LogP contribution is 2.31. The fourth-order valence-corrected chi connectivity index (χ4v) is 4.84. The second kappa shape index (κ2) is 11.8.